The number of carbonyl (C=O) groups excluding carboxylic acids is 1. The minimum absolute atomic E-state index is 0.00148. The lowest BCUT2D eigenvalue weighted by Crippen LogP contribution is -2.22. The standard InChI is InChI=1S/C19H25N3O2S/c1-4-22(5-2)18-11-6-15(14-20-18)21-19(23)12-13-25-17-9-7-16(24-3)8-10-17/h6-11,14H,4-5,12-13H2,1-3H3,(H,21,23). The lowest BCUT2D eigenvalue weighted by Gasteiger charge is -2.19. The average Bonchev–Trinajstić information content (AvgIpc) is 2.64. The Bertz CT molecular complexity index is 655. The molecule has 1 amide bonds. The van der Waals surface area contributed by atoms with Gasteiger partial charge in [-0.1, -0.05) is 0 Å². The highest BCUT2D eigenvalue weighted by molar-refractivity contribution is 7.99. The highest BCUT2D eigenvalue weighted by atomic mass is 32.2. The van der Waals surface area contributed by atoms with Crippen molar-refractivity contribution >= 4 is 29.2 Å². The summed E-state index contributed by atoms with van der Waals surface area (Å²) in [6.45, 7) is 6.03. The minimum atomic E-state index is -0.00148. The van der Waals surface area contributed by atoms with E-state index >= 15 is 0 Å². The molecule has 1 heterocycles. The first-order chi connectivity index (χ1) is 12.2. The summed E-state index contributed by atoms with van der Waals surface area (Å²) in [6.07, 6.45) is 2.16. The number of nitrogens with zero attached hydrogens (tertiary/aromatic N) is 2. The number of hydrogen-bond donors (Lipinski definition) is 1. The number of benzene rings is 1. The van der Waals surface area contributed by atoms with Gasteiger partial charge in [0.05, 0.1) is 19.0 Å². The van der Waals surface area contributed by atoms with E-state index in [2.05, 4.69) is 29.0 Å². The van der Waals surface area contributed by atoms with Crippen molar-refractivity contribution in [2.75, 3.05) is 36.2 Å². The van der Waals surface area contributed by atoms with Gasteiger partial charge in [0.25, 0.3) is 0 Å². The Morgan fingerprint density at radius 1 is 1.16 bits per heavy atom. The predicted molar refractivity (Wildman–Crippen MR) is 105 cm³/mol. The fraction of sp³-hybridized carbons (Fsp3) is 0.368. The van der Waals surface area contributed by atoms with Gasteiger partial charge in [-0.2, -0.15) is 0 Å². The number of hydrogen-bond acceptors (Lipinski definition) is 5. The second-order valence-corrected chi connectivity index (χ2v) is 6.57. The van der Waals surface area contributed by atoms with E-state index in [-0.39, 0.29) is 5.91 Å². The summed E-state index contributed by atoms with van der Waals surface area (Å²) >= 11 is 1.65. The van der Waals surface area contributed by atoms with Crippen LogP contribution in [0.4, 0.5) is 11.5 Å². The average molecular weight is 359 g/mol. The number of carbonyl (C=O) groups is 1. The first-order valence-corrected chi connectivity index (χ1v) is 9.42. The molecule has 25 heavy (non-hydrogen) atoms. The molecule has 6 heteroatoms. The van der Waals surface area contributed by atoms with E-state index in [1.54, 1.807) is 25.1 Å². The zero-order valence-electron chi connectivity index (χ0n) is 15.0. The topological polar surface area (TPSA) is 54.5 Å². The first-order valence-electron chi connectivity index (χ1n) is 8.44. The zero-order chi connectivity index (χ0) is 18.1. The van der Waals surface area contributed by atoms with Crippen molar-refractivity contribution in [2.45, 2.75) is 25.2 Å². The molecule has 0 aliphatic rings. The molecule has 0 bridgehead atoms. The minimum Gasteiger partial charge on any atom is -0.497 e. The third kappa shape index (κ3) is 5.98. The normalized spacial score (nSPS) is 10.4. The van der Waals surface area contributed by atoms with Crippen LogP contribution >= 0.6 is 11.8 Å². The quantitative estimate of drug-likeness (QED) is 0.684. The number of aromatic nitrogens is 1. The maximum atomic E-state index is 12.1. The Morgan fingerprint density at radius 2 is 1.88 bits per heavy atom. The molecule has 2 aromatic rings. The van der Waals surface area contributed by atoms with Crippen LogP contribution in [0.25, 0.3) is 0 Å². The molecular formula is C19H25N3O2S. The van der Waals surface area contributed by atoms with Crippen LogP contribution in [0.15, 0.2) is 47.5 Å². The van der Waals surface area contributed by atoms with Crippen LogP contribution < -0.4 is 15.0 Å². The summed E-state index contributed by atoms with van der Waals surface area (Å²) < 4.78 is 5.13. The Kier molecular flexibility index (Phi) is 7.60. The second kappa shape index (κ2) is 9.93. The van der Waals surface area contributed by atoms with E-state index in [0.717, 1.165) is 41.0 Å². The van der Waals surface area contributed by atoms with Crippen molar-refractivity contribution in [3.8, 4) is 5.75 Å². The van der Waals surface area contributed by atoms with Crippen LogP contribution in [0, 0.1) is 0 Å². The Morgan fingerprint density at radius 3 is 2.44 bits per heavy atom. The number of nitrogens with one attached hydrogen (secondary N) is 1. The molecule has 0 aliphatic carbocycles. The van der Waals surface area contributed by atoms with Crippen molar-refractivity contribution in [3.63, 3.8) is 0 Å². The van der Waals surface area contributed by atoms with Crippen LogP contribution in [0.5, 0.6) is 5.75 Å². The molecule has 0 unspecified atom stereocenters. The van der Waals surface area contributed by atoms with Gasteiger partial charge in [0.2, 0.25) is 5.91 Å². The van der Waals surface area contributed by atoms with E-state index in [1.165, 1.54) is 0 Å². The zero-order valence-corrected chi connectivity index (χ0v) is 15.8. The van der Waals surface area contributed by atoms with Crippen molar-refractivity contribution < 1.29 is 9.53 Å². The number of amides is 1. The third-order valence-electron chi connectivity index (χ3n) is 3.78. The summed E-state index contributed by atoms with van der Waals surface area (Å²) in [4.78, 5) is 19.8. The molecule has 2 rings (SSSR count). The van der Waals surface area contributed by atoms with E-state index < -0.39 is 0 Å². The molecule has 0 saturated heterocycles. The molecule has 0 saturated carbocycles. The van der Waals surface area contributed by atoms with E-state index in [1.807, 2.05) is 36.4 Å². The summed E-state index contributed by atoms with van der Waals surface area (Å²) in [7, 11) is 1.65. The molecule has 0 atom stereocenters. The highest BCUT2D eigenvalue weighted by Gasteiger charge is 2.06. The summed E-state index contributed by atoms with van der Waals surface area (Å²) in [6, 6.07) is 11.7. The molecule has 1 N–H and O–H groups in total. The fourth-order valence-electron chi connectivity index (χ4n) is 2.35. The van der Waals surface area contributed by atoms with Gasteiger partial charge in [0.1, 0.15) is 11.6 Å². The number of methoxy groups -OCH3 is 1. The van der Waals surface area contributed by atoms with Crippen LogP contribution in [0.3, 0.4) is 0 Å². The molecule has 5 nitrogen and oxygen atoms in total. The number of thioether (sulfide) groups is 1. The van der Waals surface area contributed by atoms with Gasteiger partial charge >= 0.3 is 0 Å². The van der Waals surface area contributed by atoms with Crippen molar-refractivity contribution in [2.24, 2.45) is 0 Å². The van der Waals surface area contributed by atoms with Crippen LogP contribution in [0.2, 0.25) is 0 Å². The summed E-state index contributed by atoms with van der Waals surface area (Å²) in [5.41, 5.74) is 0.732. The van der Waals surface area contributed by atoms with Crippen LogP contribution in [-0.4, -0.2) is 36.8 Å². The van der Waals surface area contributed by atoms with E-state index in [9.17, 15) is 4.79 Å². The lowest BCUT2D eigenvalue weighted by atomic mass is 10.3. The number of ether oxygens (including phenoxy) is 1. The summed E-state index contributed by atoms with van der Waals surface area (Å²) in [5.74, 6) is 2.49. The number of pyridine rings is 1. The molecule has 0 spiro atoms. The SMILES string of the molecule is CCN(CC)c1ccc(NC(=O)CCSc2ccc(OC)cc2)cn1. The largest absolute Gasteiger partial charge is 0.497 e. The molecule has 1 aromatic carbocycles. The van der Waals surface area contributed by atoms with Gasteiger partial charge in [0.15, 0.2) is 0 Å². The Hall–Kier alpha value is -2.21. The summed E-state index contributed by atoms with van der Waals surface area (Å²) in [5, 5.41) is 2.90. The third-order valence-corrected chi connectivity index (χ3v) is 4.79. The van der Waals surface area contributed by atoms with E-state index in [0.29, 0.717) is 6.42 Å². The smallest absolute Gasteiger partial charge is 0.225 e. The monoisotopic (exact) mass is 359 g/mol. The highest BCUT2D eigenvalue weighted by Crippen LogP contribution is 2.22. The molecule has 0 radical (unpaired) electrons. The van der Waals surface area contributed by atoms with Gasteiger partial charge in [-0.05, 0) is 50.2 Å². The molecule has 134 valence electrons. The predicted octanol–water partition coefficient (Wildman–Crippen LogP) is 4.06. The van der Waals surface area contributed by atoms with Crippen molar-refractivity contribution in [1.82, 2.24) is 4.98 Å². The molecule has 1 aromatic heterocycles. The maximum Gasteiger partial charge on any atom is 0.225 e. The second-order valence-electron chi connectivity index (χ2n) is 5.40. The van der Waals surface area contributed by atoms with Crippen LogP contribution in [0.1, 0.15) is 20.3 Å². The molecule has 0 aliphatic heterocycles. The maximum absolute atomic E-state index is 12.1. The van der Waals surface area contributed by atoms with Gasteiger partial charge in [-0.25, -0.2) is 4.98 Å². The van der Waals surface area contributed by atoms with Gasteiger partial charge in [0, 0.05) is 30.2 Å². The van der Waals surface area contributed by atoms with Gasteiger partial charge in [-0.3, -0.25) is 4.79 Å². The van der Waals surface area contributed by atoms with Gasteiger partial charge < -0.3 is 15.0 Å². The number of anilines is 2. The van der Waals surface area contributed by atoms with Gasteiger partial charge in [-0.15, -0.1) is 11.8 Å². The molecular weight excluding hydrogens is 334 g/mol. The van der Waals surface area contributed by atoms with Crippen molar-refractivity contribution in [1.29, 1.82) is 0 Å². The van der Waals surface area contributed by atoms with Crippen molar-refractivity contribution in [3.05, 3.63) is 42.6 Å². The fourth-order valence-corrected chi connectivity index (χ4v) is 3.20. The lowest BCUT2D eigenvalue weighted by molar-refractivity contribution is -0.115. The molecule has 0 fully saturated rings. The van der Waals surface area contributed by atoms with Crippen LogP contribution in [-0.2, 0) is 4.79 Å². The Labute approximate surface area is 153 Å². The van der Waals surface area contributed by atoms with E-state index in [4.69, 9.17) is 4.74 Å². The Balaban J connectivity index is 1.77. The first kappa shape index (κ1) is 19.1. The number of rotatable bonds is 9.